The highest BCUT2D eigenvalue weighted by Gasteiger charge is 2.10. The van der Waals surface area contributed by atoms with Crippen molar-refractivity contribution >= 4 is 17.8 Å². The lowest BCUT2D eigenvalue weighted by Gasteiger charge is -2.08. The first-order valence-corrected chi connectivity index (χ1v) is 12.1. The molecule has 0 atom stereocenters. The Morgan fingerprint density at radius 3 is 1.89 bits per heavy atom. The fraction of sp³-hybridized carbons (Fsp3) is 0.267. The number of carbonyl (C=O) groups is 2. The van der Waals surface area contributed by atoms with E-state index in [9.17, 15) is 9.59 Å². The molecular weight excluding hydrogens is 440 g/mol. The number of aliphatic hydroxyl groups excluding tert-OH is 1. The van der Waals surface area contributed by atoms with E-state index in [4.69, 9.17) is 14.6 Å². The van der Waals surface area contributed by atoms with Crippen LogP contribution in [-0.2, 0) is 4.79 Å². The van der Waals surface area contributed by atoms with Gasteiger partial charge in [-0.25, -0.2) is 4.79 Å². The van der Waals surface area contributed by atoms with Gasteiger partial charge in [0, 0.05) is 23.8 Å². The van der Waals surface area contributed by atoms with Crippen LogP contribution in [0.15, 0.2) is 84.9 Å². The summed E-state index contributed by atoms with van der Waals surface area (Å²) >= 11 is 0. The van der Waals surface area contributed by atoms with Crippen molar-refractivity contribution in [1.82, 2.24) is 0 Å². The van der Waals surface area contributed by atoms with E-state index in [1.807, 2.05) is 42.5 Å². The second-order valence-corrected chi connectivity index (χ2v) is 8.24. The molecule has 182 valence electrons. The van der Waals surface area contributed by atoms with Gasteiger partial charge in [-0.05, 0) is 73.0 Å². The van der Waals surface area contributed by atoms with Crippen LogP contribution in [0.5, 0.6) is 11.5 Å². The number of carbonyl (C=O) groups excluding carboxylic acids is 2. The van der Waals surface area contributed by atoms with E-state index in [-0.39, 0.29) is 12.4 Å². The third-order valence-electron chi connectivity index (χ3n) is 5.48. The number of rotatable bonds is 14. The van der Waals surface area contributed by atoms with Crippen molar-refractivity contribution in [2.24, 2.45) is 0 Å². The molecule has 35 heavy (non-hydrogen) atoms. The van der Waals surface area contributed by atoms with E-state index in [1.165, 1.54) is 6.08 Å². The lowest BCUT2D eigenvalue weighted by molar-refractivity contribution is -0.128. The Morgan fingerprint density at radius 2 is 1.26 bits per heavy atom. The van der Waals surface area contributed by atoms with Crippen LogP contribution in [0.2, 0.25) is 0 Å². The molecule has 0 fully saturated rings. The Labute approximate surface area is 207 Å². The van der Waals surface area contributed by atoms with E-state index in [1.54, 1.807) is 42.5 Å². The average molecular weight is 473 g/mol. The lowest BCUT2D eigenvalue weighted by Crippen LogP contribution is -2.05. The zero-order valence-electron chi connectivity index (χ0n) is 19.9. The number of hydrogen-bond donors (Lipinski definition) is 1. The van der Waals surface area contributed by atoms with Gasteiger partial charge in [-0.2, -0.15) is 0 Å². The molecule has 0 aliphatic carbocycles. The molecule has 1 N–H and O–H groups in total. The maximum atomic E-state index is 12.8. The molecule has 0 bridgehead atoms. The molecule has 3 aromatic rings. The van der Waals surface area contributed by atoms with Gasteiger partial charge in [-0.15, -0.1) is 0 Å². The molecule has 0 radical (unpaired) electrons. The number of aliphatic hydroxyl groups is 1. The molecule has 0 aromatic heterocycles. The molecule has 0 aliphatic heterocycles. The van der Waals surface area contributed by atoms with Crippen LogP contribution in [0, 0.1) is 0 Å². The number of benzene rings is 3. The first-order chi connectivity index (χ1) is 17.2. The van der Waals surface area contributed by atoms with Crippen LogP contribution in [0.4, 0.5) is 0 Å². The summed E-state index contributed by atoms with van der Waals surface area (Å²) < 4.78 is 11.1. The van der Waals surface area contributed by atoms with E-state index >= 15 is 0 Å². The summed E-state index contributed by atoms with van der Waals surface area (Å²) in [6.07, 6.45) is 9.41. The van der Waals surface area contributed by atoms with Crippen molar-refractivity contribution in [1.29, 1.82) is 0 Å². The van der Waals surface area contributed by atoms with Crippen molar-refractivity contribution in [2.45, 2.75) is 38.5 Å². The van der Waals surface area contributed by atoms with Crippen LogP contribution < -0.4 is 9.47 Å². The van der Waals surface area contributed by atoms with Crippen molar-refractivity contribution in [3.63, 3.8) is 0 Å². The molecular formula is C30H32O5. The predicted molar refractivity (Wildman–Crippen MR) is 138 cm³/mol. The highest BCUT2D eigenvalue weighted by molar-refractivity contribution is 6.09. The highest BCUT2D eigenvalue weighted by Crippen LogP contribution is 2.19. The van der Waals surface area contributed by atoms with E-state index in [0.29, 0.717) is 23.5 Å². The molecule has 5 heteroatoms. The third-order valence-corrected chi connectivity index (χ3v) is 5.48. The van der Waals surface area contributed by atoms with Crippen LogP contribution in [0.25, 0.3) is 6.08 Å². The average Bonchev–Trinajstić information content (AvgIpc) is 2.90. The van der Waals surface area contributed by atoms with Crippen LogP contribution in [0.1, 0.15) is 60.0 Å². The first-order valence-electron chi connectivity index (χ1n) is 12.1. The Hall–Kier alpha value is -3.70. The minimum atomic E-state index is -0.481. The van der Waals surface area contributed by atoms with Crippen molar-refractivity contribution in [3.05, 3.63) is 102 Å². The van der Waals surface area contributed by atoms with E-state index < -0.39 is 5.97 Å². The van der Waals surface area contributed by atoms with Gasteiger partial charge in [0.25, 0.3) is 0 Å². The van der Waals surface area contributed by atoms with E-state index in [0.717, 1.165) is 49.8 Å². The molecule has 3 aromatic carbocycles. The number of hydrogen-bond acceptors (Lipinski definition) is 5. The molecule has 5 nitrogen and oxygen atoms in total. The molecule has 3 rings (SSSR count). The minimum Gasteiger partial charge on any atom is -0.494 e. The number of ketones is 1. The lowest BCUT2D eigenvalue weighted by atomic mass is 10.0. The zero-order chi connectivity index (χ0) is 24.7. The minimum absolute atomic E-state index is 0.110. The third kappa shape index (κ3) is 9.22. The van der Waals surface area contributed by atoms with E-state index in [2.05, 4.69) is 0 Å². The SMILES string of the molecule is O=C(C=Cc1ccccc1)Oc1ccc(C(=O)c2ccc(OCCCCCCCCO)cc2)cc1. The van der Waals surface area contributed by atoms with Crippen LogP contribution in [-0.4, -0.2) is 30.1 Å². The topological polar surface area (TPSA) is 72.8 Å². The Bertz CT molecular complexity index is 1070. The molecule has 0 amide bonds. The van der Waals surface area contributed by atoms with Crippen LogP contribution >= 0.6 is 0 Å². The normalized spacial score (nSPS) is 10.9. The zero-order valence-corrected chi connectivity index (χ0v) is 19.9. The smallest absolute Gasteiger partial charge is 0.336 e. The summed E-state index contributed by atoms with van der Waals surface area (Å²) in [5, 5.41) is 8.78. The van der Waals surface area contributed by atoms with Crippen molar-refractivity contribution < 1.29 is 24.2 Å². The number of ether oxygens (including phenoxy) is 2. The monoisotopic (exact) mass is 472 g/mol. The van der Waals surface area contributed by atoms with Crippen LogP contribution in [0.3, 0.4) is 0 Å². The summed E-state index contributed by atoms with van der Waals surface area (Å²) in [7, 11) is 0. The van der Waals surface area contributed by atoms with Gasteiger partial charge in [0.1, 0.15) is 11.5 Å². The summed E-state index contributed by atoms with van der Waals surface area (Å²) in [5.74, 6) is 0.528. The van der Waals surface area contributed by atoms with Crippen molar-refractivity contribution in [3.8, 4) is 11.5 Å². The van der Waals surface area contributed by atoms with Gasteiger partial charge < -0.3 is 14.6 Å². The second kappa shape index (κ2) is 14.5. The second-order valence-electron chi connectivity index (χ2n) is 8.24. The van der Waals surface area contributed by atoms with Gasteiger partial charge in [-0.3, -0.25) is 4.79 Å². The molecule has 0 saturated heterocycles. The standard InChI is InChI=1S/C30H32O5/c31-22-8-3-1-2-4-9-23-34-27-17-13-25(14-18-27)30(33)26-15-19-28(20-16-26)35-29(32)21-12-24-10-6-5-7-11-24/h5-7,10-21,31H,1-4,8-9,22-23H2. The Kier molecular flexibility index (Phi) is 10.8. The number of unbranched alkanes of at least 4 members (excludes halogenated alkanes) is 5. The Balaban J connectivity index is 1.43. The fourth-order valence-corrected chi connectivity index (χ4v) is 3.53. The van der Waals surface area contributed by atoms with Gasteiger partial charge in [-0.1, -0.05) is 56.0 Å². The summed E-state index contributed by atoms with van der Waals surface area (Å²) in [6, 6.07) is 23.2. The Morgan fingerprint density at radius 1 is 0.686 bits per heavy atom. The summed E-state index contributed by atoms with van der Waals surface area (Å²) in [5.41, 5.74) is 1.99. The maximum Gasteiger partial charge on any atom is 0.336 e. The number of esters is 1. The van der Waals surface area contributed by atoms with Gasteiger partial charge in [0.2, 0.25) is 0 Å². The van der Waals surface area contributed by atoms with Crippen molar-refractivity contribution in [2.75, 3.05) is 13.2 Å². The summed E-state index contributed by atoms with van der Waals surface area (Å²) in [4.78, 5) is 24.8. The first kappa shape index (κ1) is 25.9. The summed E-state index contributed by atoms with van der Waals surface area (Å²) in [6.45, 7) is 0.920. The molecule has 0 heterocycles. The van der Waals surface area contributed by atoms with Gasteiger partial charge in [0.05, 0.1) is 6.61 Å². The van der Waals surface area contributed by atoms with Gasteiger partial charge in [0.15, 0.2) is 5.78 Å². The molecule has 0 spiro atoms. The maximum absolute atomic E-state index is 12.8. The molecule has 0 saturated carbocycles. The van der Waals surface area contributed by atoms with Gasteiger partial charge >= 0.3 is 5.97 Å². The fourth-order valence-electron chi connectivity index (χ4n) is 3.53. The highest BCUT2D eigenvalue weighted by atomic mass is 16.5. The predicted octanol–water partition coefficient (Wildman–Crippen LogP) is 6.25. The largest absolute Gasteiger partial charge is 0.494 e. The quantitative estimate of drug-likeness (QED) is 0.0987. The molecule has 0 aliphatic rings. The molecule has 0 unspecified atom stereocenters.